The Morgan fingerprint density at radius 3 is 2.71 bits per heavy atom. The predicted molar refractivity (Wildman–Crippen MR) is 77.8 cm³/mol. The molecule has 0 unspecified atom stereocenters. The smallest absolute Gasteiger partial charge is 0.264 e. The zero-order valence-electron chi connectivity index (χ0n) is 11.8. The topological polar surface area (TPSA) is 76.0 Å². The van der Waals surface area contributed by atoms with Crippen molar-refractivity contribution in [2.24, 2.45) is 7.05 Å². The second-order valence-corrected chi connectivity index (χ2v) is 6.20. The highest BCUT2D eigenvalue weighted by atomic mass is 32.2. The number of nitrogens with zero attached hydrogens (tertiary/aromatic N) is 2. The number of halogens is 1. The van der Waals surface area contributed by atoms with Gasteiger partial charge in [-0.25, -0.2) is 12.8 Å². The van der Waals surface area contributed by atoms with E-state index in [2.05, 4.69) is 15.1 Å². The van der Waals surface area contributed by atoms with Crippen molar-refractivity contribution in [2.45, 2.75) is 18.4 Å². The number of hydrogen-bond donors (Lipinski definition) is 2. The molecular formula is C13H17FN4O2S. The minimum atomic E-state index is -3.97. The van der Waals surface area contributed by atoms with E-state index in [1.54, 1.807) is 13.1 Å². The number of benzene rings is 1. The summed E-state index contributed by atoms with van der Waals surface area (Å²) >= 11 is 0. The summed E-state index contributed by atoms with van der Waals surface area (Å²) < 4.78 is 42.1. The monoisotopic (exact) mass is 312 g/mol. The van der Waals surface area contributed by atoms with Crippen LogP contribution in [0.4, 0.5) is 10.1 Å². The summed E-state index contributed by atoms with van der Waals surface area (Å²) in [5, 5.41) is 6.90. The molecule has 6 nitrogen and oxygen atoms in total. The standard InChI is InChI=1S/C13H17FN4O2S/c1-3-15-7-10-4-5-13(12(14)6-10)21(19,20)17-11-8-16-18(2)9-11/h4-6,8-9,15,17H,3,7H2,1-2H3. The van der Waals surface area contributed by atoms with Gasteiger partial charge in [0.2, 0.25) is 0 Å². The molecule has 1 aromatic carbocycles. The van der Waals surface area contributed by atoms with Crippen molar-refractivity contribution < 1.29 is 12.8 Å². The largest absolute Gasteiger partial charge is 0.313 e. The zero-order valence-corrected chi connectivity index (χ0v) is 12.6. The maximum absolute atomic E-state index is 14.0. The summed E-state index contributed by atoms with van der Waals surface area (Å²) in [6.07, 6.45) is 2.85. The highest BCUT2D eigenvalue weighted by molar-refractivity contribution is 7.92. The average Bonchev–Trinajstić information content (AvgIpc) is 2.80. The summed E-state index contributed by atoms with van der Waals surface area (Å²) in [6.45, 7) is 3.18. The van der Waals surface area contributed by atoms with Crippen LogP contribution in [0.3, 0.4) is 0 Å². The maximum Gasteiger partial charge on any atom is 0.264 e. The number of anilines is 1. The molecule has 0 spiro atoms. The molecule has 21 heavy (non-hydrogen) atoms. The van der Waals surface area contributed by atoms with Gasteiger partial charge in [-0.15, -0.1) is 0 Å². The lowest BCUT2D eigenvalue weighted by Crippen LogP contribution is -2.16. The molecule has 0 atom stereocenters. The Morgan fingerprint density at radius 1 is 1.38 bits per heavy atom. The van der Waals surface area contributed by atoms with Crippen molar-refractivity contribution in [3.8, 4) is 0 Å². The molecule has 2 rings (SSSR count). The first kappa shape index (κ1) is 15.5. The van der Waals surface area contributed by atoms with Gasteiger partial charge >= 0.3 is 0 Å². The fourth-order valence-electron chi connectivity index (χ4n) is 1.83. The first-order chi connectivity index (χ1) is 9.92. The first-order valence-electron chi connectivity index (χ1n) is 6.43. The normalized spacial score (nSPS) is 11.6. The lowest BCUT2D eigenvalue weighted by atomic mass is 10.2. The quantitative estimate of drug-likeness (QED) is 0.847. The molecule has 2 aromatic rings. The minimum absolute atomic E-state index is 0.286. The molecule has 114 valence electrons. The van der Waals surface area contributed by atoms with E-state index in [-0.39, 0.29) is 10.6 Å². The van der Waals surface area contributed by atoms with Gasteiger partial charge in [0, 0.05) is 19.8 Å². The van der Waals surface area contributed by atoms with E-state index < -0.39 is 15.8 Å². The number of hydrogen-bond acceptors (Lipinski definition) is 4. The third kappa shape index (κ3) is 3.79. The SMILES string of the molecule is CCNCc1ccc(S(=O)(=O)Nc2cnn(C)c2)c(F)c1. The van der Waals surface area contributed by atoms with Crippen LogP contribution in [0.2, 0.25) is 0 Å². The Hall–Kier alpha value is -1.93. The van der Waals surface area contributed by atoms with E-state index in [0.717, 1.165) is 6.54 Å². The zero-order chi connectivity index (χ0) is 15.5. The lowest BCUT2D eigenvalue weighted by molar-refractivity contribution is 0.568. The van der Waals surface area contributed by atoms with E-state index >= 15 is 0 Å². The van der Waals surface area contributed by atoms with Gasteiger partial charge in [0.15, 0.2) is 0 Å². The predicted octanol–water partition coefficient (Wildman–Crippen LogP) is 1.47. The Kier molecular flexibility index (Phi) is 4.59. The summed E-state index contributed by atoms with van der Waals surface area (Å²) in [5.41, 5.74) is 0.975. The van der Waals surface area contributed by atoms with Crippen LogP contribution >= 0.6 is 0 Å². The summed E-state index contributed by atoms with van der Waals surface area (Å²) in [6, 6.07) is 4.07. The van der Waals surface area contributed by atoms with Crippen LogP contribution in [0.25, 0.3) is 0 Å². The van der Waals surface area contributed by atoms with Crippen LogP contribution in [0, 0.1) is 5.82 Å². The van der Waals surface area contributed by atoms with Gasteiger partial charge in [-0.05, 0) is 24.2 Å². The molecule has 8 heteroatoms. The van der Waals surface area contributed by atoms with Crippen molar-refractivity contribution >= 4 is 15.7 Å². The number of sulfonamides is 1. The molecule has 1 aromatic heterocycles. The van der Waals surface area contributed by atoms with Crippen LogP contribution in [0.5, 0.6) is 0 Å². The number of rotatable bonds is 6. The van der Waals surface area contributed by atoms with E-state index in [1.165, 1.54) is 29.2 Å². The second kappa shape index (κ2) is 6.23. The van der Waals surface area contributed by atoms with Crippen molar-refractivity contribution in [3.05, 3.63) is 42.0 Å². The van der Waals surface area contributed by atoms with Crippen molar-refractivity contribution in [2.75, 3.05) is 11.3 Å². The van der Waals surface area contributed by atoms with Crippen LogP contribution in [0.15, 0.2) is 35.5 Å². The third-order valence-electron chi connectivity index (χ3n) is 2.82. The van der Waals surface area contributed by atoms with Gasteiger partial charge in [0.1, 0.15) is 10.7 Å². The van der Waals surface area contributed by atoms with Crippen molar-refractivity contribution in [1.82, 2.24) is 15.1 Å². The van der Waals surface area contributed by atoms with Gasteiger partial charge in [-0.1, -0.05) is 13.0 Å². The Bertz CT molecular complexity index is 728. The van der Waals surface area contributed by atoms with Crippen molar-refractivity contribution in [1.29, 1.82) is 0 Å². The minimum Gasteiger partial charge on any atom is -0.313 e. The van der Waals surface area contributed by atoms with E-state index in [4.69, 9.17) is 0 Å². The molecule has 1 heterocycles. The van der Waals surface area contributed by atoms with Crippen LogP contribution in [-0.2, 0) is 23.6 Å². The fourth-order valence-corrected chi connectivity index (χ4v) is 2.91. The molecule has 0 saturated carbocycles. The molecular weight excluding hydrogens is 295 g/mol. The average molecular weight is 312 g/mol. The Morgan fingerprint density at radius 2 is 2.14 bits per heavy atom. The highest BCUT2D eigenvalue weighted by Gasteiger charge is 2.20. The van der Waals surface area contributed by atoms with Crippen LogP contribution in [-0.4, -0.2) is 24.7 Å². The maximum atomic E-state index is 14.0. The Labute approximate surface area is 123 Å². The number of aromatic nitrogens is 2. The molecule has 0 aliphatic carbocycles. The molecule has 0 bridgehead atoms. The van der Waals surface area contributed by atoms with Gasteiger partial charge in [0.05, 0.1) is 11.9 Å². The van der Waals surface area contributed by atoms with E-state index in [0.29, 0.717) is 12.1 Å². The summed E-state index contributed by atoms with van der Waals surface area (Å²) in [4.78, 5) is -0.383. The highest BCUT2D eigenvalue weighted by Crippen LogP contribution is 2.19. The molecule has 0 amide bonds. The van der Waals surface area contributed by atoms with Crippen molar-refractivity contribution in [3.63, 3.8) is 0 Å². The number of aryl methyl sites for hydroxylation is 1. The van der Waals surface area contributed by atoms with Gasteiger partial charge < -0.3 is 5.32 Å². The second-order valence-electron chi connectivity index (χ2n) is 4.55. The van der Waals surface area contributed by atoms with Gasteiger partial charge in [0.25, 0.3) is 10.0 Å². The molecule has 0 aliphatic heterocycles. The fraction of sp³-hybridized carbons (Fsp3) is 0.308. The number of nitrogens with one attached hydrogen (secondary N) is 2. The van der Waals surface area contributed by atoms with E-state index in [9.17, 15) is 12.8 Å². The van der Waals surface area contributed by atoms with Crippen LogP contribution in [0.1, 0.15) is 12.5 Å². The molecule has 0 aliphatic rings. The molecule has 2 N–H and O–H groups in total. The van der Waals surface area contributed by atoms with Crippen LogP contribution < -0.4 is 10.0 Å². The van der Waals surface area contributed by atoms with E-state index in [1.807, 2.05) is 6.92 Å². The first-order valence-corrected chi connectivity index (χ1v) is 7.91. The molecule has 0 radical (unpaired) electrons. The summed E-state index contributed by atoms with van der Waals surface area (Å²) in [5.74, 6) is -0.776. The molecule has 0 saturated heterocycles. The third-order valence-corrected chi connectivity index (χ3v) is 4.24. The lowest BCUT2D eigenvalue weighted by Gasteiger charge is -2.09. The van der Waals surface area contributed by atoms with Gasteiger partial charge in [-0.3, -0.25) is 9.40 Å². The Balaban J connectivity index is 2.23. The molecule has 0 fully saturated rings. The van der Waals surface area contributed by atoms with Gasteiger partial charge in [-0.2, -0.15) is 5.10 Å². The summed E-state index contributed by atoms with van der Waals surface area (Å²) in [7, 11) is -2.31.